The fourth-order valence-electron chi connectivity index (χ4n) is 3.40. The summed E-state index contributed by atoms with van der Waals surface area (Å²) < 4.78 is 6.48. The number of carbonyl (C=O) groups excluding carboxylic acids is 1. The van der Waals surface area contributed by atoms with Crippen LogP contribution in [0.1, 0.15) is 10.4 Å². The van der Waals surface area contributed by atoms with E-state index in [9.17, 15) is 4.79 Å². The third-order valence-corrected chi connectivity index (χ3v) is 6.15. The van der Waals surface area contributed by atoms with Crippen LogP contribution in [0.25, 0.3) is 21.6 Å². The Kier molecular flexibility index (Phi) is 5.67. The van der Waals surface area contributed by atoms with Crippen molar-refractivity contribution in [2.24, 2.45) is 5.73 Å². The molecule has 0 aromatic carbocycles. The number of primary amides is 1. The second-order valence-corrected chi connectivity index (χ2v) is 8.31. The first-order chi connectivity index (χ1) is 16.1. The zero-order chi connectivity index (χ0) is 22.8. The standard InChI is InChI=1S/C21H21N9O2S/c1-23-15-3-2-12(9-24-15)19-27-14-8-16(28-21-25-10-13(11-26-21)18(22)31)33-17(14)20(29-19)30-4-6-32-7-5-30/h2-3,8-11H,4-7H2,1H3,(H2,22,31)(H,23,24)(H,25,26,28). The zero-order valence-electron chi connectivity index (χ0n) is 17.8. The highest BCUT2D eigenvalue weighted by atomic mass is 32.1. The summed E-state index contributed by atoms with van der Waals surface area (Å²) in [5.74, 6) is 2.03. The fraction of sp³-hybridized carbons (Fsp3) is 0.238. The molecule has 33 heavy (non-hydrogen) atoms. The Morgan fingerprint density at radius 3 is 2.58 bits per heavy atom. The summed E-state index contributed by atoms with van der Waals surface area (Å²) in [5.41, 5.74) is 7.15. The molecule has 0 unspecified atom stereocenters. The summed E-state index contributed by atoms with van der Waals surface area (Å²) >= 11 is 1.52. The number of rotatable bonds is 6. The zero-order valence-corrected chi connectivity index (χ0v) is 18.6. The van der Waals surface area contributed by atoms with Crippen LogP contribution in [0.5, 0.6) is 0 Å². The number of aromatic nitrogens is 5. The third-order valence-electron chi connectivity index (χ3n) is 5.11. The number of carbonyl (C=O) groups is 1. The lowest BCUT2D eigenvalue weighted by Crippen LogP contribution is -2.36. The van der Waals surface area contributed by atoms with Crippen LogP contribution < -0.4 is 21.3 Å². The molecule has 11 nitrogen and oxygen atoms in total. The molecule has 4 N–H and O–H groups in total. The van der Waals surface area contributed by atoms with Crippen LogP contribution in [0.15, 0.2) is 36.8 Å². The van der Waals surface area contributed by atoms with Crippen molar-refractivity contribution >= 4 is 50.0 Å². The predicted molar refractivity (Wildman–Crippen MR) is 127 cm³/mol. The van der Waals surface area contributed by atoms with Crippen LogP contribution in [0.3, 0.4) is 0 Å². The number of pyridine rings is 1. The first-order valence-electron chi connectivity index (χ1n) is 10.3. The number of hydrogen-bond donors (Lipinski definition) is 3. The van der Waals surface area contributed by atoms with Gasteiger partial charge in [-0.2, -0.15) is 0 Å². The third kappa shape index (κ3) is 4.38. The maximum absolute atomic E-state index is 11.2. The van der Waals surface area contributed by atoms with E-state index < -0.39 is 5.91 Å². The molecule has 0 atom stereocenters. The van der Waals surface area contributed by atoms with Gasteiger partial charge in [0.15, 0.2) is 11.6 Å². The van der Waals surface area contributed by atoms with Crippen molar-refractivity contribution in [3.63, 3.8) is 0 Å². The van der Waals surface area contributed by atoms with E-state index in [0.29, 0.717) is 25.0 Å². The summed E-state index contributed by atoms with van der Waals surface area (Å²) in [6.07, 6.45) is 4.55. The van der Waals surface area contributed by atoms with Gasteiger partial charge in [0.1, 0.15) is 5.82 Å². The van der Waals surface area contributed by atoms with Crippen molar-refractivity contribution in [2.45, 2.75) is 0 Å². The molecule has 1 fully saturated rings. The smallest absolute Gasteiger partial charge is 0.251 e. The Morgan fingerprint density at radius 1 is 1.12 bits per heavy atom. The van der Waals surface area contributed by atoms with E-state index in [1.165, 1.54) is 23.7 Å². The van der Waals surface area contributed by atoms with Gasteiger partial charge in [0.2, 0.25) is 5.95 Å². The van der Waals surface area contributed by atoms with E-state index >= 15 is 0 Å². The van der Waals surface area contributed by atoms with Crippen molar-refractivity contribution in [3.05, 3.63) is 42.4 Å². The summed E-state index contributed by atoms with van der Waals surface area (Å²) in [5, 5.41) is 7.00. The van der Waals surface area contributed by atoms with Crippen LogP contribution in [-0.2, 0) is 4.74 Å². The van der Waals surface area contributed by atoms with E-state index in [2.05, 4.69) is 30.5 Å². The monoisotopic (exact) mass is 463 g/mol. The lowest BCUT2D eigenvalue weighted by molar-refractivity contribution is 0.0999. The Balaban J connectivity index is 1.54. The predicted octanol–water partition coefficient (Wildman–Crippen LogP) is 2.26. The SMILES string of the molecule is CNc1ccc(-c2nc(N3CCOCC3)c3sc(Nc4ncc(C(N)=O)cn4)cc3n2)cn1. The number of nitrogens with two attached hydrogens (primary N) is 1. The molecule has 1 saturated heterocycles. The first kappa shape index (κ1) is 21.0. The van der Waals surface area contributed by atoms with Crippen LogP contribution >= 0.6 is 11.3 Å². The van der Waals surface area contributed by atoms with Crippen LogP contribution in [0, 0.1) is 0 Å². The summed E-state index contributed by atoms with van der Waals surface area (Å²) in [7, 11) is 1.83. The van der Waals surface area contributed by atoms with Gasteiger partial charge in [0.05, 0.1) is 34.0 Å². The quantitative estimate of drug-likeness (QED) is 0.389. The Hall–Kier alpha value is -3.90. The average molecular weight is 464 g/mol. The van der Waals surface area contributed by atoms with Crippen molar-refractivity contribution in [2.75, 3.05) is 48.9 Å². The molecule has 1 amide bonds. The normalized spacial score (nSPS) is 13.8. The number of thiophene rings is 1. The van der Waals surface area contributed by atoms with Crippen LogP contribution in [0.4, 0.5) is 22.6 Å². The molecule has 0 radical (unpaired) electrons. The molecule has 4 aromatic rings. The van der Waals surface area contributed by atoms with Crippen molar-refractivity contribution < 1.29 is 9.53 Å². The maximum atomic E-state index is 11.2. The minimum absolute atomic E-state index is 0.250. The minimum atomic E-state index is -0.571. The molecule has 0 spiro atoms. The summed E-state index contributed by atoms with van der Waals surface area (Å²) in [4.78, 5) is 35.9. The highest BCUT2D eigenvalue weighted by Gasteiger charge is 2.20. The van der Waals surface area contributed by atoms with Gasteiger partial charge in [0, 0.05) is 44.3 Å². The number of morpholine rings is 1. The van der Waals surface area contributed by atoms with Crippen molar-refractivity contribution in [1.82, 2.24) is 24.9 Å². The average Bonchev–Trinajstić information content (AvgIpc) is 3.26. The number of fused-ring (bicyclic) bond motifs is 1. The number of nitrogens with one attached hydrogen (secondary N) is 2. The molecule has 0 saturated carbocycles. The second kappa shape index (κ2) is 8.92. The highest BCUT2D eigenvalue weighted by Crippen LogP contribution is 2.37. The lowest BCUT2D eigenvalue weighted by atomic mass is 10.2. The number of nitrogens with zero attached hydrogens (tertiary/aromatic N) is 6. The summed E-state index contributed by atoms with van der Waals surface area (Å²) in [6, 6.07) is 5.78. The highest BCUT2D eigenvalue weighted by molar-refractivity contribution is 7.23. The van der Waals surface area contributed by atoms with Gasteiger partial charge in [-0.05, 0) is 18.2 Å². The fourth-order valence-corrected chi connectivity index (χ4v) is 4.41. The largest absolute Gasteiger partial charge is 0.378 e. The van der Waals surface area contributed by atoms with E-state index in [4.69, 9.17) is 20.4 Å². The first-order valence-corrected chi connectivity index (χ1v) is 11.1. The lowest BCUT2D eigenvalue weighted by Gasteiger charge is -2.28. The molecule has 5 rings (SSSR count). The molecule has 12 heteroatoms. The van der Waals surface area contributed by atoms with Gasteiger partial charge in [-0.25, -0.2) is 24.9 Å². The van der Waals surface area contributed by atoms with Crippen LogP contribution in [-0.4, -0.2) is 64.2 Å². The minimum Gasteiger partial charge on any atom is -0.378 e. The molecule has 168 valence electrons. The van der Waals surface area contributed by atoms with Gasteiger partial charge in [-0.3, -0.25) is 4.79 Å². The molecule has 0 bridgehead atoms. The van der Waals surface area contributed by atoms with Crippen molar-refractivity contribution in [1.29, 1.82) is 0 Å². The Morgan fingerprint density at radius 2 is 1.91 bits per heavy atom. The summed E-state index contributed by atoms with van der Waals surface area (Å²) in [6.45, 7) is 2.80. The number of hydrogen-bond acceptors (Lipinski definition) is 11. The number of anilines is 4. The van der Waals surface area contributed by atoms with E-state index in [1.54, 1.807) is 6.20 Å². The van der Waals surface area contributed by atoms with Gasteiger partial charge >= 0.3 is 0 Å². The van der Waals surface area contributed by atoms with E-state index in [-0.39, 0.29) is 5.56 Å². The van der Waals surface area contributed by atoms with Gasteiger partial charge in [-0.1, -0.05) is 0 Å². The molecule has 0 aliphatic carbocycles. The molecule has 1 aliphatic heterocycles. The van der Waals surface area contributed by atoms with Gasteiger partial charge < -0.3 is 26.0 Å². The molecule has 1 aliphatic rings. The topological polar surface area (TPSA) is 144 Å². The maximum Gasteiger partial charge on any atom is 0.251 e. The molecular formula is C21H21N9O2S. The number of amides is 1. The van der Waals surface area contributed by atoms with Gasteiger partial charge in [-0.15, -0.1) is 11.3 Å². The van der Waals surface area contributed by atoms with E-state index in [0.717, 1.165) is 45.5 Å². The number of ether oxygens (including phenoxy) is 1. The molecular weight excluding hydrogens is 442 g/mol. The molecule has 5 heterocycles. The Labute approximate surface area is 193 Å². The second-order valence-electron chi connectivity index (χ2n) is 7.26. The Bertz CT molecular complexity index is 1290. The van der Waals surface area contributed by atoms with Crippen LogP contribution in [0.2, 0.25) is 0 Å². The van der Waals surface area contributed by atoms with Crippen molar-refractivity contribution in [3.8, 4) is 11.4 Å². The molecule has 4 aromatic heterocycles. The van der Waals surface area contributed by atoms with Gasteiger partial charge in [0.25, 0.3) is 5.91 Å². The van der Waals surface area contributed by atoms with E-state index in [1.807, 2.05) is 25.2 Å².